The molecule has 2 heterocycles. The Morgan fingerprint density at radius 2 is 1.95 bits per heavy atom. The van der Waals surface area contributed by atoms with Crippen LogP contribution in [0.1, 0.15) is 31.0 Å². The molecule has 0 aromatic carbocycles. The minimum absolute atomic E-state index is 0.594. The summed E-state index contributed by atoms with van der Waals surface area (Å²) in [5.41, 5.74) is 2.42. The first kappa shape index (κ1) is 12.0. The molecule has 3 rings (SSSR count). The molecule has 19 heavy (non-hydrogen) atoms. The first-order chi connectivity index (χ1) is 9.38. The Hall–Kier alpha value is -2.04. The molecule has 0 saturated heterocycles. The van der Waals surface area contributed by atoms with Gasteiger partial charge in [0.1, 0.15) is 5.82 Å². The van der Waals surface area contributed by atoms with Crippen LogP contribution in [0.3, 0.4) is 0 Å². The number of nitrogens with one attached hydrogen (secondary N) is 1. The summed E-state index contributed by atoms with van der Waals surface area (Å²) in [5.74, 6) is 2.18. The maximum absolute atomic E-state index is 4.62. The Balaban J connectivity index is 2.02. The van der Waals surface area contributed by atoms with E-state index in [2.05, 4.69) is 32.2 Å². The highest BCUT2D eigenvalue weighted by Crippen LogP contribution is 2.28. The molecule has 2 aromatic heterocycles. The number of aromatic nitrogens is 4. The van der Waals surface area contributed by atoms with E-state index >= 15 is 0 Å². The number of hydrogen-bond acceptors (Lipinski definition) is 5. The van der Waals surface area contributed by atoms with Gasteiger partial charge in [-0.15, -0.1) is 0 Å². The minimum atomic E-state index is 0.594. The molecule has 1 N–H and O–H groups in total. The Kier molecular flexibility index (Phi) is 3.35. The van der Waals surface area contributed by atoms with Crippen molar-refractivity contribution < 1.29 is 0 Å². The highest BCUT2D eigenvalue weighted by Gasteiger charge is 2.20. The van der Waals surface area contributed by atoms with Gasteiger partial charge in [0.2, 0.25) is 0 Å². The smallest absolute Gasteiger partial charge is 0.199 e. The number of fused-ring (bicyclic) bond motifs is 1. The molecule has 2 aromatic rings. The molecule has 0 atom stereocenters. The summed E-state index contributed by atoms with van der Waals surface area (Å²) in [6, 6.07) is 1.80. The van der Waals surface area contributed by atoms with Gasteiger partial charge in [-0.2, -0.15) is 0 Å². The molecule has 0 saturated carbocycles. The fraction of sp³-hybridized carbons (Fsp3) is 0.429. The number of aryl methyl sites for hydroxylation is 1. The average molecular weight is 255 g/mol. The number of hydrogen-bond donors (Lipinski definition) is 1. The molecule has 5 nitrogen and oxygen atoms in total. The van der Waals surface area contributed by atoms with E-state index in [4.69, 9.17) is 0 Å². The molecule has 0 aliphatic heterocycles. The van der Waals surface area contributed by atoms with Crippen LogP contribution >= 0.6 is 0 Å². The lowest BCUT2D eigenvalue weighted by atomic mass is 10.2. The summed E-state index contributed by atoms with van der Waals surface area (Å²) >= 11 is 0. The first-order valence-electron chi connectivity index (χ1n) is 6.79. The van der Waals surface area contributed by atoms with Crippen LogP contribution in [0.15, 0.2) is 18.5 Å². The second kappa shape index (κ2) is 5.30. The van der Waals surface area contributed by atoms with Gasteiger partial charge in [0.25, 0.3) is 0 Å². The van der Waals surface area contributed by atoms with Gasteiger partial charge in [-0.05, 0) is 31.7 Å². The van der Waals surface area contributed by atoms with Crippen molar-refractivity contribution in [2.24, 2.45) is 0 Å². The predicted octanol–water partition coefficient (Wildman–Crippen LogP) is 2.24. The van der Waals surface area contributed by atoms with E-state index in [9.17, 15) is 0 Å². The van der Waals surface area contributed by atoms with Crippen LogP contribution in [0.25, 0.3) is 11.6 Å². The minimum Gasteiger partial charge on any atom is -0.370 e. The second-order valence-corrected chi connectivity index (χ2v) is 4.67. The van der Waals surface area contributed by atoms with Gasteiger partial charge >= 0.3 is 0 Å². The summed E-state index contributed by atoms with van der Waals surface area (Å²) in [6.07, 6.45) is 7.77. The molecule has 1 aliphatic rings. The maximum Gasteiger partial charge on any atom is 0.199 e. The van der Waals surface area contributed by atoms with Gasteiger partial charge < -0.3 is 5.32 Å². The zero-order chi connectivity index (χ0) is 13.1. The quantitative estimate of drug-likeness (QED) is 0.907. The molecule has 1 aliphatic carbocycles. The molecular formula is C14H17N5. The highest BCUT2D eigenvalue weighted by molar-refractivity contribution is 5.55. The van der Waals surface area contributed by atoms with Crippen LogP contribution in [0.5, 0.6) is 0 Å². The SMILES string of the molecule is CCCNc1nc(-c2ncccn2)nc2c1CCC2. The summed E-state index contributed by atoms with van der Waals surface area (Å²) in [5, 5.41) is 3.40. The van der Waals surface area contributed by atoms with Crippen molar-refractivity contribution in [1.29, 1.82) is 0 Å². The fourth-order valence-electron chi connectivity index (χ4n) is 2.34. The fourth-order valence-corrected chi connectivity index (χ4v) is 2.34. The molecular weight excluding hydrogens is 238 g/mol. The van der Waals surface area contributed by atoms with Crippen LogP contribution in [-0.2, 0) is 12.8 Å². The van der Waals surface area contributed by atoms with Gasteiger partial charge in [0.15, 0.2) is 11.6 Å². The Morgan fingerprint density at radius 1 is 1.11 bits per heavy atom. The van der Waals surface area contributed by atoms with Crippen molar-refractivity contribution in [2.75, 3.05) is 11.9 Å². The van der Waals surface area contributed by atoms with Crippen molar-refractivity contribution in [3.63, 3.8) is 0 Å². The molecule has 0 bridgehead atoms. The molecule has 98 valence electrons. The third-order valence-corrected chi connectivity index (χ3v) is 3.24. The largest absolute Gasteiger partial charge is 0.370 e. The third-order valence-electron chi connectivity index (χ3n) is 3.24. The van der Waals surface area contributed by atoms with Gasteiger partial charge in [-0.1, -0.05) is 6.92 Å². The Bertz CT molecular complexity index is 568. The lowest BCUT2D eigenvalue weighted by Gasteiger charge is -2.10. The predicted molar refractivity (Wildman–Crippen MR) is 73.9 cm³/mol. The lowest BCUT2D eigenvalue weighted by Crippen LogP contribution is -2.08. The van der Waals surface area contributed by atoms with Crippen LogP contribution in [0.2, 0.25) is 0 Å². The summed E-state index contributed by atoms with van der Waals surface area (Å²) < 4.78 is 0. The molecule has 0 fully saturated rings. The van der Waals surface area contributed by atoms with Gasteiger partial charge in [0, 0.05) is 30.2 Å². The van der Waals surface area contributed by atoms with Crippen molar-refractivity contribution in [3.8, 4) is 11.6 Å². The topological polar surface area (TPSA) is 63.6 Å². The summed E-state index contributed by atoms with van der Waals surface area (Å²) in [6.45, 7) is 3.08. The van der Waals surface area contributed by atoms with Gasteiger partial charge in [0.05, 0.1) is 0 Å². The van der Waals surface area contributed by atoms with Gasteiger partial charge in [-0.3, -0.25) is 0 Å². The molecule has 0 radical (unpaired) electrons. The molecule has 0 amide bonds. The van der Waals surface area contributed by atoms with Crippen LogP contribution in [-0.4, -0.2) is 26.5 Å². The van der Waals surface area contributed by atoms with E-state index in [1.807, 2.05) is 0 Å². The van der Waals surface area contributed by atoms with Crippen LogP contribution in [0, 0.1) is 0 Å². The van der Waals surface area contributed by atoms with Crippen molar-refractivity contribution in [2.45, 2.75) is 32.6 Å². The van der Waals surface area contributed by atoms with E-state index < -0.39 is 0 Å². The summed E-state index contributed by atoms with van der Waals surface area (Å²) in [7, 11) is 0. The van der Waals surface area contributed by atoms with Crippen molar-refractivity contribution in [1.82, 2.24) is 19.9 Å². The number of nitrogens with zero attached hydrogens (tertiary/aromatic N) is 4. The third kappa shape index (κ3) is 2.41. The number of rotatable bonds is 4. The van der Waals surface area contributed by atoms with E-state index in [1.165, 1.54) is 5.56 Å². The normalized spacial score (nSPS) is 13.3. The second-order valence-electron chi connectivity index (χ2n) is 4.67. The molecule has 5 heteroatoms. The Labute approximate surface area is 112 Å². The zero-order valence-electron chi connectivity index (χ0n) is 11.1. The lowest BCUT2D eigenvalue weighted by molar-refractivity contribution is 0.898. The van der Waals surface area contributed by atoms with E-state index in [0.29, 0.717) is 11.6 Å². The van der Waals surface area contributed by atoms with Crippen molar-refractivity contribution >= 4 is 5.82 Å². The van der Waals surface area contributed by atoms with Crippen LogP contribution in [0.4, 0.5) is 5.82 Å². The van der Waals surface area contributed by atoms with E-state index in [0.717, 1.165) is 43.7 Å². The van der Waals surface area contributed by atoms with E-state index in [1.54, 1.807) is 18.5 Å². The van der Waals surface area contributed by atoms with Crippen molar-refractivity contribution in [3.05, 3.63) is 29.7 Å². The first-order valence-corrected chi connectivity index (χ1v) is 6.79. The monoisotopic (exact) mass is 255 g/mol. The standard InChI is InChI=1S/C14H17N5/c1-2-7-15-12-10-5-3-6-11(10)18-14(19-12)13-16-8-4-9-17-13/h4,8-9H,2-3,5-7H2,1H3,(H,15,18,19). The Morgan fingerprint density at radius 3 is 2.74 bits per heavy atom. The number of anilines is 1. The van der Waals surface area contributed by atoms with E-state index in [-0.39, 0.29) is 0 Å². The zero-order valence-corrected chi connectivity index (χ0v) is 11.1. The highest BCUT2D eigenvalue weighted by atomic mass is 15.1. The molecule has 0 unspecified atom stereocenters. The summed E-state index contributed by atoms with van der Waals surface area (Å²) in [4.78, 5) is 17.7. The van der Waals surface area contributed by atoms with Crippen LogP contribution < -0.4 is 5.32 Å². The van der Waals surface area contributed by atoms with Gasteiger partial charge in [-0.25, -0.2) is 19.9 Å². The molecule has 0 spiro atoms. The average Bonchev–Trinajstić information content (AvgIpc) is 2.94. The maximum atomic E-state index is 4.62.